The van der Waals surface area contributed by atoms with Gasteiger partial charge in [-0.3, -0.25) is 0 Å². The summed E-state index contributed by atoms with van der Waals surface area (Å²) in [4.78, 5) is 0.260. The Morgan fingerprint density at radius 2 is 2.00 bits per heavy atom. The molecule has 1 saturated heterocycles. The zero-order valence-electron chi connectivity index (χ0n) is 12.4. The summed E-state index contributed by atoms with van der Waals surface area (Å²) in [7, 11) is -3.49. The lowest BCUT2D eigenvalue weighted by Gasteiger charge is -2.26. The van der Waals surface area contributed by atoms with E-state index < -0.39 is 10.0 Å². The van der Waals surface area contributed by atoms with E-state index in [1.165, 1.54) is 4.31 Å². The summed E-state index contributed by atoms with van der Waals surface area (Å²) < 4.78 is 37.5. The first kappa shape index (κ1) is 16.0. The van der Waals surface area contributed by atoms with Crippen LogP contribution < -0.4 is 4.74 Å². The maximum atomic E-state index is 12.6. The van der Waals surface area contributed by atoms with Crippen LogP contribution in [0.2, 0.25) is 0 Å². The van der Waals surface area contributed by atoms with Crippen LogP contribution in [0.1, 0.15) is 19.4 Å². The van der Waals surface area contributed by atoms with Crippen molar-refractivity contribution in [3.05, 3.63) is 30.3 Å². The minimum atomic E-state index is -3.49. The molecule has 0 saturated carbocycles. The van der Waals surface area contributed by atoms with Gasteiger partial charge in [-0.2, -0.15) is 4.31 Å². The fourth-order valence-electron chi connectivity index (χ4n) is 2.14. The Bertz CT molecular complexity index is 604. The Kier molecular flexibility index (Phi) is 5.03. The third kappa shape index (κ3) is 3.64. The van der Waals surface area contributed by atoms with E-state index in [-0.39, 0.29) is 11.0 Å². The third-order valence-electron chi connectivity index (χ3n) is 3.17. The van der Waals surface area contributed by atoms with E-state index in [9.17, 15) is 8.42 Å². The molecule has 21 heavy (non-hydrogen) atoms. The van der Waals surface area contributed by atoms with Crippen LogP contribution in [0.5, 0.6) is 5.75 Å². The number of hydrogen-bond donors (Lipinski definition) is 0. The molecule has 0 spiro atoms. The number of sulfonamides is 1. The molecule has 0 aromatic heterocycles. The summed E-state index contributed by atoms with van der Waals surface area (Å²) in [6.07, 6.45) is 1.63. The molecule has 116 valence electrons. The van der Waals surface area contributed by atoms with Crippen molar-refractivity contribution < 1.29 is 17.9 Å². The zero-order valence-corrected chi connectivity index (χ0v) is 13.2. The van der Waals surface area contributed by atoms with E-state index in [2.05, 4.69) is 6.58 Å². The highest BCUT2D eigenvalue weighted by Crippen LogP contribution is 2.26. The molecule has 0 aliphatic carbocycles. The standard InChI is InChI=1S/C15H21NO4S/c1-4-13-11-14(5-6-15(13)20-12(2)3)21(17,18)16-7-9-19-10-8-16/h4-6,11-12H,1,7-10H2,2-3H3. The van der Waals surface area contributed by atoms with Crippen LogP contribution in [0.4, 0.5) is 0 Å². The van der Waals surface area contributed by atoms with Gasteiger partial charge in [-0.1, -0.05) is 12.7 Å². The van der Waals surface area contributed by atoms with Crippen LogP contribution in [0, 0.1) is 0 Å². The van der Waals surface area contributed by atoms with E-state index in [1.54, 1.807) is 24.3 Å². The lowest BCUT2D eigenvalue weighted by Crippen LogP contribution is -2.40. The van der Waals surface area contributed by atoms with E-state index in [4.69, 9.17) is 9.47 Å². The predicted octanol–water partition coefficient (Wildman–Crippen LogP) is 2.14. The largest absolute Gasteiger partial charge is 0.490 e. The van der Waals surface area contributed by atoms with E-state index >= 15 is 0 Å². The number of ether oxygens (including phenoxy) is 2. The SMILES string of the molecule is C=Cc1cc(S(=O)(=O)N2CCOCC2)ccc1OC(C)C. The fraction of sp³-hybridized carbons (Fsp3) is 0.467. The Morgan fingerprint density at radius 3 is 2.57 bits per heavy atom. The average molecular weight is 311 g/mol. The molecule has 1 aliphatic rings. The van der Waals surface area contributed by atoms with Crippen molar-refractivity contribution in [2.75, 3.05) is 26.3 Å². The van der Waals surface area contributed by atoms with Gasteiger partial charge in [-0.25, -0.2) is 8.42 Å². The predicted molar refractivity (Wildman–Crippen MR) is 81.9 cm³/mol. The van der Waals surface area contributed by atoms with Crippen molar-refractivity contribution in [2.45, 2.75) is 24.8 Å². The van der Waals surface area contributed by atoms with Gasteiger partial charge in [0, 0.05) is 18.7 Å². The van der Waals surface area contributed by atoms with Gasteiger partial charge in [-0.15, -0.1) is 0 Å². The number of nitrogens with zero attached hydrogens (tertiary/aromatic N) is 1. The Labute approximate surface area is 126 Å². The normalized spacial score (nSPS) is 16.9. The highest BCUT2D eigenvalue weighted by molar-refractivity contribution is 7.89. The molecule has 2 rings (SSSR count). The Morgan fingerprint density at radius 1 is 1.33 bits per heavy atom. The quantitative estimate of drug-likeness (QED) is 0.836. The van der Waals surface area contributed by atoms with Crippen molar-refractivity contribution >= 4 is 16.1 Å². The second kappa shape index (κ2) is 6.60. The number of hydrogen-bond acceptors (Lipinski definition) is 4. The van der Waals surface area contributed by atoms with Crippen LogP contribution in [-0.4, -0.2) is 45.1 Å². The van der Waals surface area contributed by atoms with Gasteiger partial charge in [0.2, 0.25) is 10.0 Å². The first-order chi connectivity index (χ1) is 9.95. The molecule has 1 aromatic rings. The molecule has 5 nitrogen and oxygen atoms in total. The third-order valence-corrected chi connectivity index (χ3v) is 5.07. The van der Waals surface area contributed by atoms with Gasteiger partial charge in [-0.05, 0) is 32.0 Å². The number of benzene rings is 1. The monoisotopic (exact) mass is 311 g/mol. The maximum Gasteiger partial charge on any atom is 0.243 e. The van der Waals surface area contributed by atoms with Gasteiger partial charge >= 0.3 is 0 Å². The Hall–Kier alpha value is -1.37. The summed E-state index contributed by atoms with van der Waals surface area (Å²) in [5.74, 6) is 0.640. The molecule has 1 aromatic carbocycles. The minimum absolute atomic E-state index is 0.0189. The molecule has 0 amide bonds. The van der Waals surface area contributed by atoms with Crippen molar-refractivity contribution in [3.63, 3.8) is 0 Å². The topological polar surface area (TPSA) is 55.8 Å². The molecule has 0 atom stereocenters. The van der Waals surface area contributed by atoms with Crippen LogP contribution in [0.25, 0.3) is 6.08 Å². The molecule has 1 fully saturated rings. The average Bonchev–Trinajstić information content (AvgIpc) is 2.47. The van der Waals surface area contributed by atoms with Crippen LogP contribution in [0.3, 0.4) is 0 Å². The van der Waals surface area contributed by atoms with Crippen LogP contribution in [0.15, 0.2) is 29.7 Å². The molecule has 0 bridgehead atoms. The number of rotatable bonds is 5. The molecule has 1 aliphatic heterocycles. The molecule has 1 heterocycles. The second-order valence-corrected chi connectivity index (χ2v) is 7.02. The van der Waals surface area contributed by atoms with Crippen LogP contribution >= 0.6 is 0 Å². The molecule has 0 unspecified atom stereocenters. The summed E-state index contributed by atoms with van der Waals surface area (Å²) in [5, 5.41) is 0. The van der Waals surface area contributed by atoms with E-state index in [1.807, 2.05) is 13.8 Å². The lowest BCUT2D eigenvalue weighted by molar-refractivity contribution is 0.0730. The first-order valence-corrected chi connectivity index (χ1v) is 8.40. The number of morpholine rings is 1. The zero-order chi connectivity index (χ0) is 15.5. The van der Waals surface area contributed by atoms with E-state index in [0.717, 1.165) is 0 Å². The molecule has 0 N–H and O–H groups in total. The fourth-order valence-corrected chi connectivity index (χ4v) is 3.59. The maximum absolute atomic E-state index is 12.6. The molecular formula is C15H21NO4S. The highest BCUT2D eigenvalue weighted by Gasteiger charge is 2.26. The Balaban J connectivity index is 2.33. The smallest absolute Gasteiger partial charge is 0.243 e. The molecule has 0 radical (unpaired) electrons. The first-order valence-electron chi connectivity index (χ1n) is 6.96. The van der Waals surface area contributed by atoms with Crippen molar-refractivity contribution in [2.24, 2.45) is 0 Å². The van der Waals surface area contributed by atoms with Gasteiger partial charge in [0.15, 0.2) is 0 Å². The van der Waals surface area contributed by atoms with Gasteiger partial charge in [0.25, 0.3) is 0 Å². The molecule has 6 heteroatoms. The van der Waals surface area contributed by atoms with Crippen molar-refractivity contribution in [1.82, 2.24) is 4.31 Å². The van der Waals surface area contributed by atoms with E-state index in [0.29, 0.717) is 37.6 Å². The minimum Gasteiger partial charge on any atom is -0.490 e. The summed E-state index contributed by atoms with van der Waals surface area (Å²) >= 11 is 0. The van der Waals surface area contributed by atoms with Crippen molar-refractivity contribution in [1.29, 1.82) is 0 Å². The van der Waals surface area contributed by atoms with Crippen molar-refractivity contribution in [3.8, 4) is 5.75 Å². The van der Waals surface area contributed by atoms with Gasteiger partial charge in [0.1, 0.15) is 5.75 Å². The van der Waals surface area contributed by atoms with Crippen LogP contribution in [-0.2, 0) is 14.8 Å². The summed E-state index contributed by atoms with van der Waals surface area (Å²) in [5.41, 5.74) is 0.679. The molecular weight excluding hydrogens is 290 g/mol. The lowest BCUT2D eigenvalue weighted by atomic mass is 10.2. The summed E-state index contributed by atoms with van der Waals surface area (Å²) in [6, 6.07) is 4.87. The van der Waals surface area contributed by atoms with Gasteiger partial charge < -0.3 is 9.47 Å². The highest BCUT2D eigenvalue weighted by atomic mass is 32.2. The van der Waals surface area contributed by atoms with Gasteiger partial charge in [0.05, 0.1) is 24.2 Å². The summed E-state index contributed by atoms with van der Waals surface area (Å²) in [6.45, 7) is 9.20. The second-order valence-electron chi connectivity index (χ2n) is 5.09.